The zero-order valence-corrected chi connectivity index (χ0v) is 16.0. The van der Waals surface area contributed by atoms with E-state index in [0.717, 1.165) is 6.42 Å². The second-order valence-electron chi connectivity index (χ2n) is 6.48. The maximum atomic E-state index is 12.2. The highest BCUT2D eigenvalue weighted by Crippen LogP contribution is 2.27. The monoisotopic (exact) mass is 375 g/mol. The first-order valence-corrected chi connectivity index (χ1v) is 9.39. The Hall–Kier alpha value is -3.27. The highest BCUT2D eigenvalue weighted by molar-refractivity contribution is 5.77. The van der Waals surface area contributed by atoms with Crippen LogP contribution in [0.5, 0.6) is 11.5 Å². The van der Waals surface area contributed by atoms with Crippen LogP contribution < -0.4 is 14.8 Å². The second-order valence-corrected chi connectivity index (χ2v) is 6.48. The van der Waals surface area contributed by atoms with Crippen LogP contribution in [0.2, 0.25) is 0 Å². The minimum atomic E-state index is -0.136. The third-order valence-corrected chi connectivity index (χ3v) is 4.57. The van der Waals surface area contributed by atoms with Crippen molar-refractivity contribution in [1.82, 2.24) is 5.32 Å². The number of amides is 1. The van der Waals surface area contributed by atoms with Crippen molar-refractivity contribution in [1.29, 1.82) is 0 Å². The normalized spacial score (nSPS) is 10.5. The summed E-state index contributed by atoms with van der Waals surface area (Å²) in [6.45, 7) is 0.559. The molecule has 1 N–H and O–H groups in total. The number of carbonyl (C=O) groups excluding carboxylic acids is 1. The fourth-order valence-corrected chi connectivity index (χ4v) is 3.14. The van der Waals surface area contributed by atoms with Crippen LogP contribution in [0.25, 0.3) is 0 Å². The highest BCUT2D eigenvalue weighted by atomic mass is 16.5. The van der Waals surface area contributed by atoms with Gasteiger partial charge in [0.05, 0.1) is 7.11 Å². The lowest BCUT2D eigenvalue weighted by molar-refractivity contribution is -0.123. The van der Waals surface area contributed by atoms with E-state index >= 15 is 0 Å². The largest absolute Gasteiger partial charge is 0.497 e. The number of rotatable bonds is 9. The Morgan fingerprint density at radius 3 is 2.07 bits per heavy atom. The molecule has 3 rings (SSSR count). The van der Waals surface area contributed by atoms with Crippen LogP contribution >= 0.6 is 0 Å². The summed E-state index contributed by atoms with van der Waals surface area (Å²) in [6.07, 6.45) is 0.818. The molecule has 0 heterocycles. The van der Waals surface area contributed by atoms with Crippen LogP contribution in [0.3, 0.4) is 0 Å². The van der Waals surface area contributed by atoms with Crippen LogP contribution in [0.1, 0.15) is 23.5 Å². The van der Waals surface area contributed by atoms with Crippen LogP contribution in [-0.2, 0) is 4.79 Å². The van der Waals surface area contributed by atoms with Gasteiger partial charge in [-0.2, -0.15) is 0 Å². The lowest BCUT2D eigenvalue weighted by atomic mass is 9.88. The second kappa shape index (κ2) is 10.2. The van der Waals surface area contributed by atoms with Crippen molar-refractivity contribution in [3.8, 4) is 11.5 Å². The molecule has 1 amide bonds. The van der Waals surface area contributed by atoms with Gasteiger partial charge < -0.3 is 14.8 Å². The van der Waals surface area contributed by atoms with Gasteiger partial charge in [0.15, 0.2) is 6.61 Å². The molecule has 28 heavy (non-hydrogen) atoms. The fourth-order valence-electron chi connectivity index (χ4n) is 3.14. The van der Waals surface area contributed by atoms with E-state index in [4.69, 9.17) is 9.47 Å². The number of methoxy groups -OCH3 is 1. The number of hydrogen-bond donors (Lipinski definition) is 1. The lowest BCUT2D eigenvalue weighted by Crippen LogP contribution is -2.30. The van der Waals surface area contributed by atoms with Crippen LogP contribution in [0.4, 0.5) is 0 Å². The molecule has 144 valence electrons. The number of ether oxygens (including phenoxy) is 2. The van der Waals surface area contributed by atoms with Gasteiger partial charge in [-0.05, 0) is 29.7 Å². The molecule has 0 unspecified atom stereocenters. The molecule has 0 aliphatic rings. The predicted octanol–water partition coefficient (Wildman–Crippen LogP) is 4.41. The van der Waals surface area contributed by atoms with E-state index in [-0.39, 0.29) is 18.4 Å². The minimum absolute atomic E-state index is 0.0193. The summed E-state index contributed by atoms with van der Waals surface area (Å²) in [5, 5.41) is 2.96. The summed E-state index contributed by atoms with van der Waals surface area (Å²) < 4.78 is 10.7. The smallest absolute Gasteiger partial charge is 0.257 e. The minimum Gasteiger partial charge on any atom is -0.497 e. The first kappa shape index (κ1) is 19.5. The molecule has 0 radical (unpaired) electrons. The maximum Gasteiger partial charge on any atom is 0.257 e. The molecule has 0 aliphatic carbocycles. The molecule has 0 fully saturated rings. The van der Waals surface area contributed by atoms with Crippen molar-refractivity contribution < 1.29 is 14.3 Å². The summed E-state index contributed by atoms with van der Waals surface area (Å²) in [6, 6.07) is 28.0. The lowest BCUT2D eigenvalue weighted by Gasteiger charge is -2.18. The predicted molar refractivity (Wildman–Crippen MR) is 111 cm³/mol. The molecular formula is C24H25NO3. The van der Waals surface area contributed by atoms with E-state index < -0.39 is 0 Å². The van der Waals surface area contributed by atoms with E-state index in [1.54, 1.807) is 19.2 Å². The number of nitrogens with one attached hydrogen (secondary N) is 1. The molecule has 3 aromatic rings. The molecule has 4 heteroatoms. The van der Waals surface area contributed by atoms with Crippen LogP contribution in [-0.4, -0.2) is 26.2 Å². The first-order valence-electron chi connectivity index (χ1n) is 9.39. The molecule has 4 nitrogen and oxygen atoms in total. The van der Waals surface area contributed by atoms with Crippen LogP contribution in [0, 0.1) is 0 Å². The molecule has 0 spiro atoms. The zero-order chi connectivity index (χ0) is 19.6. The zero-order valence-electron chi connectivity index (χ0n) is 16.0. The van der Waals surface area contributed by atoms with E-state index in [2.05, 4.69) is 29.6 Å². The Balaban J connectivity index is 1.53. The van der Waals surface area contributed by atoms with Gasteiger partial charge in [-0.15, -0.1) is 0 Å². The fraction of sp³-hybridized carbons (Fsp3) is 0.208. The molecule has 0 atom stereocenters. The Morgan fingerprint density at radius 1 is 0.857 bits per heavy atom. The van der Waals surface area contributed by atoms with Gasteiger partial charge in [0.1, 0.15) is 11.5 Å². The summed E-state index contributed by atoms with van der Waals surface area (Å²) in [4.78, 5) is 12.2. The average molecular weight is 375 g/mol. The van der Waals surface area contributed by atoms with Crippen LogP contribution in [0.15, 0.2) is 84.9 Å². The van der Waals surface area contributed by atoms with Crippen molar-refractivity contribution >= 4 is 5.91 Å². The van der Waals surface area contributed by atoms with Crippen molar-refractivity contribution in [2.75, 3.05) is 20.3 Å². The molecular weight excluding hydrogens is 350 g/mol. The summed E-state index contributed by atoms with van der Waals surface area (Å²) in [5.41, 5.74) is 2.49. The quantitative estimate of drug-likeness (QED) is 0.603. The summed E-state index contributed by atoms with van der Waals surface area (Å²) in [5.74, 6) is 1.41. The Labute approximate surface area is 166 Å². The van der Waals surface area contributed by atoms with Crippen molar-refractivity contribution in [3.05, 3.63) is 96.1 Å². The standard InChI is InChI=1S/C24H25NO3/c1-27-21-13-8-14-22(17-21)28-18-24(26)25-16-15-23(19-9-4-2-5-10-19)20-11-6-3-7-12-20/h2-14,17,23H,15-16,18H2,1H3,(H,25,26). The van der Waals surface area contributed by atoms with E-state index in [9.17, 15) is 4.79 Å². The Morgan fingerprint density at radius 2 is 1.46 bits per heavy atom. The topological polar surface area (TPSA) is 47.6 Å². The van der Waals surface area contributed by atoms with E-state index in [0.29, 0.717) is 18.0 Å². The molecule has 0 bridgehead atoms. The summed E-state index contributed by atoms with van der Waals surface area (Å²) >= 11 is 0. The van der Waals surface area contributed by atoms with Gasteiger partial charge in [0, 0.05) is 18.5 Å². The van der Waals surface area contributed by atoms with Gasteiger partial charge in [-0.25, -0.2) is 0 Å². The van der Waals surface area contributed by atoms with E-state index in [1.165, 1.54) is 11.1 Å². The van der Waals surface area contributed by atoms with Gasteiger partial charge in [0.2, 0.25) is 0 Å². The SMILES string of the molecule is COc1cccc(OCC(=O)NCCC(c2ccccc2)c2ccccc2)c1. The Kier molecular flexibility index (Phi) is 7.08. The molecule has 0 aromatic heterocycles. The first-order chi connectivity index (χ1) is 13.8. The third kappa shape index (κ3) is 5.61. The van der Waals surface area contributed by atoms with Gasteiger partial charge >= 0.3 is 0 Å². The molecule has 0 saturated heterocycles. The number of carbonyl (C=O) groups is 1. The van der Waals surface area contributed by atoms with Crippen molar-refractivity contribution in [3.63, 3.8) is 0 Å². The molecule has 0 saturated carbocycles. The average Bonchev–Trinajstić information content (AvgIpc) is 2.76. The highest BCUT2D eigenvalue weighted by Gasteiger charge is 2.14. The Bertz CT molecular complexity index is 826. The van der Waals surface area contributed by atoms with Crippen molar-refractivity contribution in [2.45, 2.75) is 12.3 Å². The van der Waals surface area contributed by atoms with Gasteiger partial charge in [-0.1, -0.05) is 66.7 Å². The van der Waals surface area contributed by atoms with Gasteiger partial charge in [0.25, 0.3) is 5.91 Å². The third-order valence-electron chi connectivity index (χ3n) is 4.57. The number of benzene rings is 3. The molecule has 3 aromatic carbocycles. The maximum absolute atomic E-state index is 12.2. The van der Waals surface area contributed by atoms with Gasteiger partial charge in [-0.3, -0.25) is 4.79 Å². The van der Waals surface area contributed by atoms with Crippen molar-refractivity contribution in [2.24, 2.45) is 0 Å². The molecule has 0 aliphatic heterocycles. The number of hydrogen-bond acceptors (Lipinski definition) is 3. The summed E-state index contributed by atoms with van der Waals surface area (Å²) in [7, 11) is 1.60. The van der Waals surface area contributed by atoms with E-state index in [1.807, 2.05) is 48.5 Å².